The van der Waals surface area contributed by atoms with Crippen molar-refractivity contribution >= 4 is 51.3 Å². The number of hydrogen-bond donors (Lipinski definition) is 0. The monoisotopic (exact) mass is 452 g/mol. The average molecular weight is 453 g/mol. The predicted octanol–water partition coefficient (Wildman–Crippen LogP) is 4.11. The van der Waals surface area contributed by atoms with Crippen LogP contribution >= 0.6 is 22.9 Å². The van der Waals surface area contributed by atoms with Gasteiger partial charge in [0, 0.05) is 42.5 Å². The van der Waals surface area contributed by atoms with Crippen molar-refractivity contribution in [3.63, 3.8) is 0 Å². The van der Waals surface area contributed by atoms with Crippen LogP contribution in [0.5, 0.6) is 0 Å². The average Bonchev–Trinajstić information content (AvgIpc) is 3.39. The van der Waals surface area contributed by atoms with Gasteiger partial charge in [-0.25, -0.2) is 9.38 Å². The van der Waals surface area contributed by atoms with Crippen LogP contribution in [0.4, 0.5) is 5.95 Å². The van der Waals surface area contributed by atoms with E-state index in [9.17, 15) is 4.79 Å². The van der Waals surface area contributed by atoms with Crippen LogP contribution in [0.2, 0.25) is 5.02 Å². The molecule has 2 fully saturated rings. The summed E-state index contributed by atoms with van der Waals surface area (Å²) in [6, 6.07) is 9.76. The van der Waals surface area contributed by atoms with Crippen molar-refractivity contribution in [2.75, 3.05) is 31.1 Å². The zero-order valence-corrected chi connectivity index (χ0v) is 18.4. The molecule has 3 aromatic heterocycles. The number of hydrogen-bond acceptors (Lipinski definition) is 6. The molecule has 2 aliphatic rings. The summed E-state index contributed by atoms with van der Waals surface area (Å²) in [4.78, 5) is 22.9. The molecule has 0 atom stereocenters. The van der Waals surface area contributed by atoms with Crippen molar-refractivity contribution in [2.24, 2.45) is 5.92 Å². The first-order valence-electron chi connectivity index (χ1n) is 10.6. The topological polar surface area (TPSA) is 66.6 Å². The molecule has 0 bridgehead atoms. The standard InChI is InChI=1S/C22H21ClN6OS/c23-15-6-7-16-17(13-15)24-22(29-19(16)25-26-20(29)18-3-1-12-31-18)28-9-2-8-27(10-11-28)21(30)14-4-5-14/h1,3,6-7,12-14H,2,4-5,8-11H2. The largest absolute Gasteiger partial charge is 0.341 e. The van der Waals surface area contributed by atoms with Crippen LogP contribution in [-0.4, -0.2) is 56.6 Å². The molecule has 1 aliphatic heterocycles. The summed E-state index contributed by atoms with van der Waals surface area (Å²) in [5.74, 6) is 2.16. The molecule has 1 saturated carbocycles. The highest BCUT2D eigenvalue weighted by molar-refractivity contribution is 7.13. The first-order chi connectivity index (χ1) is 15.2. The van der Waals surface area contributed by atoms with Crippen molar-refractivity contribution in [1.29, 1.82) is 0 Å². The summed E-state index contributed by atoms with van der Waals surface area (Å²) in [6.07, 6.45) is 2.99. The number of carbonyl (C=O) groups excluding carboxylic acids is 1. The van der Waals surface area contributed by atoms with E-state index >= 15 is 0 Å². The van der Waals surface area contributed by atoms with E-state index in [-0.39, 0.29) is 5.92 Å². The van der Waals surface area contributed by atoms with E-state index in [1.54, 1.807) is 11.3 Å². The van der Waals surface area contributed by atoms with Gasteiger partial charge in [0.15, 0.2) is 11.5 Å². The molecule has 1 saturated heterocycles. The Morgan fingerprint density at radius 2 is 2.00 bits per heavy atom. The van der Waals surface area contributed by atoms with E-state index in [1.807, 2.05) is 34.5 Å². The molecular formula is C22H21ClN6OS. The van der Waals surface area contributed by atoms with Crippen molar-refractivity contribution in [1.82, 2.24) is 24.5 Å². The smallest absolute Gasteiger partial charge is 0.225 e. The maximum absolute atomic E-state index is 12.6. The summed E-state index contributed by atoms with van der Waals surface area (Å²) in [5.41, 5.74) is 1.57. The maximum Gasteiger partial charge on any atom is 0.225 e. The van der Waals surface area contributed by atoms with Gasteiger partial charge in [0.25, 0.3) is 0 Å². The fourth-order valence-electron chi connectivity index (χ4n) is 4.30. The van der Waals surface area contributed by atoms with E-state index in [4.69, 9.17) is 16.6 Å². The Bertz CT molecular complexity index is 1280. The molecule has 0 unspecified atom stereocenters. The van der Waals surface area contributed by atoms with Gasteiger partial charge in [0.05, 0.1) is 10.4 Å². The van der Waals surface area contributed by atoms with Gasteiger partial charge in [-0.3, -0.25) is 4.79 Å². The lowest BCUT2D eigenvalue weighted by Crippen LogP contribution is -2.36. The van der Waals surface area contributed by atoms with Crippen molar-refractivity contribution < 1.29 is 4.79 Å². The fourth-order valence-corrected chi connectivity index (χ4v) is 5.16. The van der Waals surface area contributed by atoms with Crippen LogP contribution in [0.1, 0.15) is 19.3 Å². The first-order valence-corrected chi connectivity index (χ1v) is 11.9. The van der Waals surface area contributed by atoms with Gasteiger partial charge < -0.3 is 9.80 Å². The van der Waals surface area contributed by atoms with Crippen LogP contribution in [0, 0.1) is 5.92 Å². The lowest BCUT2D eigenvalue weighted by Gasteiger charge is -2.24. The number of carbonyl (C=O) groups is 1. The molecule has 4 heterocycles. The summed E-state index contributed by atoms with van der Waals surface area (Å²) >= 11 is 7.90. The minimum atomic E-state index is 0.252. The zero-order valence-electron chi connectivity index (χ0n) is 16.9. The Morgan fingerprint density at radius 3 is 2.81 bits per heavy atom. The molecule has 1 amide bonds. The fraction of sp³-hybridized carbons (Fsp3) is 0.364. The van der Waals surface area contributed by atoms with Crippen LogP contribution in [-0.2, 0) is 4.79 Å². The van der Waals surface area contributed by atoms with Crippen molar-refractivity contribution in [3.05, 3.63) is 40.7 Å². The molecule has 4 aromatic rings. The number of rotatable bonds is 3. The van der Waals surface area contributed by atoms with E-state index in [2.05, 4.69) is 25.6 Å². The molecule has 0 radical (unpaired) electrons. The Kier molecular flexibility index (Phi) is 4.57. The number of anilines is 1. The molecule has 6 rings (SSSR count). The second kappa shape index (κ2) is 7.46. The minimum absolute atomic E-state index is 0.252. The van der Waals surface area contributed by atoms with Gasteiger partial charge >= 0.3 is 0 Å². The van der Waals surface area contributed by atoms with Gasteiger partial charge in [-0.1, -0.05) is 17.7 Å². The molecule has 1 aliphatic carbocycles. The van der Waals surface area contributed by atoms with Crippen molar-refractivity contribution in [2.45, 2.75) is 19.3 Å². The number of thiophene rings is 1. The van der Waals surface area contributed by atoms with Crippen LogP contribution in [0.15, 0.2) is 35.7 Å². The van der Waals surface area contributed by atoms with E-state index in [1.165, 1.54) is 0 Å². The van der Waals surface area contributed by atoms with Crippen LogP contribution in [0.3, 0.4) is 0 Å². The number of nitrogens with zero attached hydrogens (tertiary/aromatic N) is 6. The van der Waals surface area contributed by atoms with E-state index < -0.39 is 0 Å². The number of halogens is 1. The summed E-state index contributed by atoms with van der Waals surface area (Å²) < 4.78 is 2.06. The van der Waals surface area contributed by atoms with Crippen LogP contribution < -0.4 is 4.90 Å². The van der Waals surface area contributed by atoms with E-state index in [0.29, 0.717) is 17.5 Å². The number of benzene rings is 1. The number of fused-ring (bicyclic) bond motifs is 3. The molecule has 1 aromatic carbocycles. The number of amides is 1. The van der Waals surface area contributed by atoms with Gasteiger partial charge in [-0.05, 0) is 48.9 Å². The lowest BCUT2D eigenvalue weighted by atomic mass is 10.2. The predicted molar refractivity (Wildman–Crippen MR) is 123 cm³/mol. The Labute approximate surface area is 188 Å². The third-order valence-electron chi connectivity index (χ3n) is 6.04. The highest BCUT2D eigenvalue weighted by Crippen LogP contribution is 2.33. The van der Waals surface area contributed by atoms with Gasteiger partial charge in [0.1, 0.15) is 0 Å². The maximum atomic E-state index is 12.6. The van der Waals surface area contributed by atoms with Gasteiger partial charge in [-0.2, -0.15) is 0 Å². The summed E-state index contributed by atoms with van der Waals surface area (Å²) in [7, 11) is 0. The normalized spacial score (nSPS) is 17.5. The summed E-state index contributed by atoms with van der Waals surface area (Å²) in [6.45, 7) is 3.07. The Balaban J connectivity index is 1.47. The second-order valence-corrected chi connectivity index (χ2v) is 9.56. The number of aromatic nitrogens is 4. The molecule has 7 nitrogen and oxygen atoms in total. The molecular weight excluding hydrogens is 432 g/mol. The van der Waals surface area contributed by atoms with Crippen LogP contribution in [0.25, 0.3) is 27.3 Å². The lowest BCUT2D eigenvalue weighted by molar-refractivity contribution is -0.132. The third-order valence-corrected chi connectivity index (χ3v) is 7.14. The molecule has 31 heavy (non-hydrogen) atoms. The highest BCUT2D eigenvalue weighted by Gasteiger charge is 2.34. The molecule has 9 heteroatoms. The van der Waals surface area contributed by atoms with E-state index in [0.717, 1.165) is 72.1 Å². The summed E-state index contributed by atoms with van der Waals surface area (Å²) in [5, 5.41) is 12.7. The van der Waals surface area contributed by atoms with Gasteiger partial charge in [-0.15, -0.1) is 21.5 Å². The quantitative estimate of drug-likeness (QED) is 0.468. The van der Waals surface area contributed by atoms with Crippen molar-refractivity contribution in [3.8, 4) is 10.7 Å². The minimum Gasteiger partial charge on any atom is -0.341 e. The van der Waals surface area contributed by atoms with Gasteiger partial charge in [0.2, 0.25) is 11.9 Å². The Hall–Kier alpha value is -2.71. The highest BCUT2D eigenvalue weighted by atomic mass is 35.5. The zero-order chi connectivity index (χ0) is 20.9. The molecule has 158 valence electrons. The Morgan fingerprint density at radius 1 is 1.10 bits per heavy atom. The molecule has 0 N–H and O–H groups in total. The third kappa shape index (κ3) is 3.34. The second-order valence-electron chi connectivity index (χ2n) is 8.17. The first kappa shape index (κ1) is 19.0. The SMILES string of the molecule is O=C(C1CC1)N1CCCN(c2nc3cc(Cl)ccc3c3nnc(-c4cccs4)n23)CC1. The molecule has 0 spiro atoms.